The van der Waals surface area contributed by atoms with Gasteiger partial charge in [-0.3, -0.25) is 0 Å². The zero-order valence-electron chi connectivity index (χ0n) is 12.1. The summed E-state index contributed by atoms with van der Waals surface area (Å²) in [5, 5.41) is 0. The molecule has 2 aromatic carbocycles. The summed E-state index contributed by atoms with van der Waals surface area (Å²) in [4.78, 5) is 11.9. The molecule has 6 heteroatoms. The van der Waals surface area contributed by atoms with Crippen LogP contribution in [0.15, 0.2) is 40.9 Å². The van der Waals surface area contributed by atoms with E-state index in [9.17, 15) is 18.0 Å². The van der Waals surface area contributed by atoms with Crippen molar-refractivity contribution in [1.82, 2.24) is 0 Å². The number of hydrogen-bond acceptors (Lipinski definition) is 2. The summed E-state index contributed by atoms with van der Waals surface area (Å²) >= 11 is 3.30. The van der Waals surface area contributed by atoms with Crippen LogP contribution in [-0.4, -0.2) is 5.97 Å². The highest BCUT2D eigenvalue weighted by Crippen LogP contribution is 2.36. The maximum atomic E-state index is 12.7. The second-order valence-electron chi connectivity index (χ2n) is 5.47. The third-order valence-corrected chi connectivity index (χ3v) is 4.40. The van der Waals surface area contributed by atoms with E-state index in [2.05, 4.69) is 15.9 Å². The molecule has 0 amide bonds. The summed E-state index contributed by atoms with van der Waals surface area (Å²) in [5.74, 6) is -0.407. The van der Waals surface area contributed by atoms with E-state index < -0.39 is 23.8 Å². The molecule has 0 N–H and O–H groups in total. The molecule has 3 rings (SSSR count). The molecule has 1 aliphatic heterocycles. The van der Waals surface area contributed by atoms with Crippen molar-refractivity contribution in [3.05, 3.63) is 68.7 Å². The van der Waals surface area contributed by atoms with Crippen molar-refractivity contribution in [2.75, 3.05) is 0 Å². The highest BCUT2D eigenvalue weighted by molar-refractivity contribution is 9.10. The Balaban J connectivity index is 1.88. The number of fused-ring (bicyclic) bond motifs is 1. The Morgan fingerprint density at radius 2 is 1.91 bits per heavy atom. The number of esters is 1. The van der Waals surface area contributed by atoms with Crippen LogP contribution in [0.5, 0.6) is 0 Å². The molecule has 0 radical (unpaired) electrons. The SMILES string of the molecule is Cc1cc(C(F)(F)F)ccc1CC1OC(=O)c2cc(Br)ccc21. The predicted molar refractivity (Wildman–Crippen MR) is 82.2 cm³/mol. The lowest BCUT2D eigenvalue weighted by Crippen LogP contribution is -2.08. The minimum Gasteiger partial charge on any atom is -0.454 e. The fourth-order valence-electron chi connectivity index (χ4n) is 2.69. The monoisotopic (exact) mass is 384 g/mol. The maximum Gasteiger partial charge on any atom is 0.416 e. The molecule has 1 heterocycles. The van der Waals surface area contributed by atoms with Crippen LogP contribution in [0, 0.1) is 6.92 Å². The molecule has 120 valence electrons. The second kappa shape index (κ2) is 5.67. The van der Waals surface area contributed by atoms with Crippen molar-refractivity contribution in [2.24, 2.45) is 0 Å². The lowest BCUT2D eigenvalue weighted by atomic mass is 9.95. The first-order chi connectivity index (χ1) is 10.8. The Hall–Kier alpha value is -1.82. The molecular weight excluding hydrogens is 373 g/mol. The smallest absolute Gasteiger partial charge is 0.416 e. The van der Waals surface area contributed by atoms with Crippen molar-refractivity contribution in [3.63, 3.8) is 0 Å². The minimum atomic E-state index is -4.36. The van der Waals surface area contributed by atoms with Crippen LogP contribution in [0.1, 0.15) is 38.7 Å². The molecule has 2 aromatic rings. The van der Waals surface area contributed by atoms with Gasteiger partial charge in [0.05, 0.1) is 11.1 Å². The Morgan fingerprint density at radius 3 is 2.57 bits per heavy atom. The molecule has 1 unspecified atom stereocenters. The Kier molecular flexibility index (Phi) is 3.96. The van der Waals surface area contributed by atoms with Crippen molar-refractivity contribution in [2.45, 2.75) is 25.6 Å². The van der Waals surface area contributed by atoms with E-state index in [0.29, 0.717) is 17.5 Å². The van der Waals surface area contributed by atoms with E-state index >= 15 is 0 Å². The standard InChI is InChI=1S/C17H12BrF3O2/c1-9-6-11(17(19,20)21)3-2-10(9)7-15-13-5-4-12(18)8-14(13)16(22)23-15/h2-6,8,15H,7H2,1H3. The molecule has 0 bridgehead atoms. The van der Waals surface area contributed by atoms with E-state index in [4.69, 9.17) is 4.74 Å². The number of cyclic esters (lactones) is 1. The van der Waals surface area contributed by atoms with Crippen LogP contribution >= 0.6 is 15.9 Å². The average Bonchev–Trinajstić information content (AvgIpc) is 2.76. The first-order valence-electron chi connectivity index (χ1n) is 6.93. The summed E-state index contributed by atoms with van der Waals surface area (Å²) in [5.41, 5.74) is 1.84. The number of hydrogen-bond donors (Lipinski definition) is 0. The van der Waals surface area contributed by atoms with E-state index in [1.165, 1.54) is 6.07 Å². The highest BCUT2D eigenvalue weighted by Gasteiger charge is 2.33. The molecular formula is C17H12BrF3O2. The van der Waals surface area contributed by atoms with Gasteiger partial charge >= 0.3 is 12.1 Å². The van der Waals surface area contributed by atoms with Gasteiger partial charge < -0.3 is 4.74 Å². The first-order valence-corrected chi connectivity index (χ1v) is 7.72. The lowest BCUT2D eigenvalue weighted by molar-refractivity contribution is -0.137. The van der Waals surface area contributed by atoms with Crippen LogP contribution in [0.4, 0.5) is 13.2 Å². The first kappa shape index (κ1) is 16.1. The zero-order valence-corrected chi connectivity index (χ0v) is 13.7. The Morgan fingerprint density at radius 1 is 1.17 bits per heavy atom. The summed E-state index contributed by atoms with van der Waals surface area (Å²) in [6, 6.07) is 8.93. The third-order valence-electron chi connectivity index (χ3n) is 3.91. The quantitative estimate of drug-likeness (QED) is 0.662. The summed E-state index contributed by atoms with van der Waals surface area (Å²) in [7, 11) is 0. The number of rotatable bonds is 2. The normalized spacial score (nSPS) is 17.1. The van der Waals surface area contributed by atoms with Gasteiger partial charge in [0.15, 0.2) is 0 Å². The predicted octanol–water partition coefficient (Wildman–Crippen LogP) is 5.23. The van der Waals surface area contributed by atoms with Crippen LogP contribution in [0.2, 0.25) is 0 Å². The molecule has 0 saturated heterocycles. The number of aryl methyl sites for hydroxylation is 1. The van der Waals surface area contributed by atoms with Gasteiger partial charge in [-0.25, -0.2) is 4.79 Å². The fraction of sp³-hybridized carbons (Fsp3) is 0.235. The molecule has 0 fully saturated rings. The second-order valence-corrected chi connectivity index (χ2v) is 6.38. The van der Waals surface area contributed by atoms with Gasteiger partial charge in [-0.1, -0.05) is 28.1 Å². The molecule has 2 nitrogen and oxygen atoms in total. The Bertz CT molecular complexity index is 784. The number of carbonyl (C=O) groups is 1. The van der Waals surface area contributed by atoms with Crippen molar-refractivity contribution in [1.29, 1.82) is 0 Å². The summed E-state index contributed by atoms with van der Waals surface area (Å²) in [6.07, 6.45) is -4.48. The maximum absolute atomic E-state index is 12.7. The van der Waals surface area contributed by atoms with E-state index in [1.54, 1.807) is 19.1 Å². The average molecular weight is 385 g/mol. The molecule has 0 aromatic heterocycles. The number of alkyl halides is 3. The van der Waals surface area contributed by atoms with Gasteiger partial charge in [0.2, 0.25) is 0 Å². The molecule has 1 aliphatic rings. The topological polar surface area (TPSA) is 26.3 Å². The molecule has 0 aliphatic carbocycles. The van der Waals surface area contributed by atoms with Crippen LogP contribution in [0.3, 0.4) is 0 Å². The third kappa shape index (κ3) is 3.13. The zero-order chi connectivity index (χ0) is 16.8. The number of carbonyl (C=O) groups excluding carboxylic acids is 1. The number of ether oxygens (including phenoxy) is 1. The minimum absolute atomic E-state index is 0.352. The van der Waals surface area contributed by atoms with Gasteiger partial charge in [0.1, 0.15) is 6.10 Å². The molecule has 1 atom stereocenters. The Labute approximate surface area is 139 Å². The van der Waals surface area contributed by atoms with Crippen molar-refractivity contribution < 1.29 is 22.7 Å². The van der Waals surface area contributed by atoms with Crippen LogP contribution in [0.25, 0.3) is 0 Å². The van der Waals surface area contributed by atoms with E-state index in [1.807, 2.05) is 6.07 Å². The van der Waals surface area contributed by atoms with Gasteiger partial charge in [0, 0.05) is 16.5 Å². The summed E-state index contributed by atoms with van der Waals surface area (Å²) < 4.78 is 44.3. The van der Waals surface area contributed by atoms with Crippen molar-refractivity contribution >= 4 is 21.9 Å². The largest absolute Gasteiger partial charge is 0.454 e. The van der Waals surface area contributed by atoms with Gasteiger partial charge in [0.25, 0.3) is 0 Å². The highest BCUT2D eigenvalue weighted by atomic mass is 79.9. The van der Waals surface area contributed by atoms with Gasteiger partial charge in [-0.15, -0.1) is 0 Å². The molecule has 23 heavy (non-hydrogen) atoms. The number of benzene rings is 2. The van der Waals surface area contributed by atoms with Gasteiger partial charge in [-0.2, -0.15) is 13.2 Å². The van der Waals surface area contributed by atoms with Gasteiger partial charge in [-0.05, 0) is 42.3 Å². The van der Waals surface area contributed by atoms with Crippen LogP contribution in [-0.2, 0) is 17.3 Å². The molecule has 0 spiro atoms. The summed E-state index contributed by atoms with van der Waals surface area (Å²) in [6.45, 7) is 1.63. The van der Waals surface area contributed by atoms with Crippen LogP contribution < -0.4 is 0 Å². The molecule has 0 saturated carbocycles. The van der Waals surface area contributed by atoms with Crippen molar-refractivity contribution in [3.8, 4) is 0 Å². The number of halogens is 4. The van der Waals surface area contributed by atoms with E-state index in [-0.39, 0.29) is 0 Å². The van der Waals surface area contributed by atoms with E-state index in [0.717, 1.165) is 27.7 Å². The lowest BCUT2D eigenvalue weighted by Gasteiger charge is -2.15. The fourth-order valence-corrected chi connectivity index (χ4v) is 3.06.